The molecular formula is C11H12BrN3. The fourth-order valence-corrected chi connectivity index (χ4v) is 1.81. The predicted octanol–water partition coefficient (Wildman–Crippen LogP) is 2.78. The summed E-state index contributed by atoms with van der Waals surface area (Å²) in [6.07, 6.45) is 3.82. The van der Waals surface area contributed by atoms with E-state index in [2.05, 4.69) is 32.0 Å². The molecule has 0 aliphatic heterocycles. The first-order chi connectivity index (χ1) is 7.20. The van der Waals surface area contributed by atoms with Gasteiger partial charge in [0.1, 0.15) is 0 Å². The maximum atomic E-state index is 4.42. The van der Waals surface area contributed by atoms with Crippen molar-refractivity contribution in [1.82, 2.24) is 14.5 Å². The van der Waals surface area contributed by atoms with Gasteiger partial charge in [0.05, 0.1) is 23.4 Å². The van der Waals surface area contributed by atoms with Crippen molar-refractivity contribution in [3.05, 3.63) is 41.7 Å². The second-order valence-corrected chi connectivity index (χ2v) is 4.02. The Morgan fingerprint density at radius 2 is 2.13 bits per heavy atom. The molecule has 0 aromatic carbocycles. The lowest BCUT2D eigenvalue weighted by Gasteiger charge is -2.05. The molecule has 0 amide bonds. The van der Waals surface area contributed by atoms with Crippen molar-refractivity contribution in [2.24, 2.45) is 0 Å². The minimum Gasteiger partial charge on any atom is -0.304 e. The van der Waals surface area contributed by atoms with Crippen LogP contribution in [0.2, 0.25) is 0 Å². The van der Waals surface area contributed by atoms with Crippen molar-refractivity contribution in [2.75, 3.05) is 0 Å². The lowest BCUT2D eigenvalue weighted by molar-refractivity contribution is 0.991. The number of pyridine rings is 1. The number of halogens is 1. The fraction of sp³-hybridized carbons (Fsp3) is 0.273. The van der Waals surface area contributed by atoms with Gasteiger partial charge in [-0.15, -0.1) is 0 Å². The summed E-state index contributed by atoms with van der Waals surface area (Å²) in [5.41, 5.74) is 4.17. The van der Waals surface area contributed by atoms with E-state index in [4.69, 9.17) is 0 Å². The van der Waals surface area contributed by atoms with Crippen molar-refractivity contribution in [3.8, 4) is 5.69 Å². The molecule has 0 aliphatic rings. The molecule has 0 bridgehead atoms. The minimum atomic E-state index is 0.776. The standard InChI is InChI=1S/C11H12BrN3/c1-8-3-4-11(9(2)14-8)15-6-10(5-12)13-7-15/h3-4,6-7H,5H2,1-2H3. The van der Waals surface area contributed by atoms with Crippen molar-refractivity contribution in [1.29, 1.82) is 0 Å². The van der Waals surface area contributed by atoms with E-state index in [1.807, 2.05) is 37.0 Å². The van der Waals surface area contributed by atoms with E-state index in [-0.39, 0.29) is 0 Å². The first kappa shape index (κ1) is 10.4. The number of aromatic nitrogens is 3. The van der Waals surface area contributed by atoms with Gasteiger partial charge in [0.15, 0.2) is 0 Å². The Balaban J connectivity index is 2.44. The molecule has 2 rings (SSSR count). The van der Waals surface area contributed by atoms with Gasteiger partial charge in [0.2, 0.25) is 0 Å². The molecule has 2 heterocycles. The normalized spacial score (nSPS) is 10.6. The highest BCUT2D eigenvalue weighted by molar-refractivity contribution is 9.08. The van der Waals surface area contributed by atoms with Crippen LogP contribution in [0.3, 0.4) is 0 Å². The first-order valence-electron chi connectivity index (χ1n) is 4.74. The molecule has 0 saturated carbocycles. The summed E-state index contributed by atoms with van der Waals surface area (Å²) >= 11 is 3.38. The lowest BCUT2D eigenvalue weighted by atomic mass is 10.3. The SMILES string of the molecule is Cc1ccc(-n2cnc(CBr)c2)c(C)n1. The predicted molar refractivity (Wildman–Crippen MR) is 63.5 cm³/mol. The first-order valence-corrected chi connectivity index (χ1v) is 5.86. The van der Waals surface area contributed by atoms with Crippen molar-refractivity contribution < 1.29 is 0 Å². The van der Waals surface area contributed by atoms with Crippen LogP contribution >= 0.6 is 15.9 Å². The van der Waals surface area contributed by atoms with Crippen LogP contribution in [0.1, 0.15) is 17.1 Å². The number of alkyl halides is 1. The second-order valence-electron chi connectivity index (χ2n) is 3.46. The minimum absolute atomic E-state index is 0.776. The van der Waals surface area contributed by atoms with Crippen LogP contribution in [0.4, 0.5) is 0 Å². The molecule has 0 spiro atoms. The molecule has 15 heavy (non-hydrogen) atoms. The molecule has 0 atom stereocenters. The zero-order chi connectivity index (χ0) is 10.8. The van der Waals surface area contributed by atoms with E-state index < -0.39 is 0 Å². The van der Waals surface area contributed by atoms with Crippen LogP contribution in [-0.2, 0) is 5.33 Å². The van der Waals surface area contributed by atoms with Gasteiger partial charge in [-0.25, -0.2) is 4.98 Å². The Morgan fingerprint density at radius 3 is 2.73 bits per heavy atom. The average molecular weight is 266 g/mol. The summed E-state index contributed by atoms with van der Waals surface area (Å²) in [7, 11) is 0. The van der Waals surface area contributed by atoms with Gasteiger partial charge in [-0.1, -0.05) is 15.9 Å². The summed E-state index contributed by atoms with van der Waals surface area (Å²) < 4.78 is 2.00. The lowest BCUT2D eigenvalue weighted by Crippen LogP contribution is -1.97. The third-order valence-corrected chi connectivity index (χ3v) is 2.82. The highest BCUT2D eigenvalue weighted by Gasteiger charge is 2.03. The number of hydrogen-bond acceptors (Lipinski definition) is 2. The van der Waals surface area contributed by atoms with Gasteiger partial charge in [0.25, 0.3) is 0 Å². The monoisotopic (exact) mass is 265 g/mol. The Morgan fingerprint density at radius 1 is 1.33 bits per heavy atom. The summed E-state index contributed by atoms with van der Waals surface area (Å²) in [5, 5.41) is 0.776. The second kappa shape index (κ2) is 4.14. The Bertz CT molecular complexity index is 476. The molecule has 3 nitrogen and oxygen atoms in total. The largest absolute Gasteiger partial charge is 0.304 e. The smallest absolute Gasteiger partial charge is 0.0996 e. The molecule has 4 heteroatoms. The van der Waals surface area contributed by atoms with Crippen LogP contribution in [0.5, 0.6) is 0 Å². The molecule has 0 saturated heterocycles. The maximum absolute atomic E-state index is 4.42. The van der Waals surface area contributed by atoms with Gasteiger partial charge in [-0.2, -0.15) is 0 Å². The summed E-state index contributed by atoms with van der Waals surface area (Å²) in [4.78, 5) is 8.69. The van der Waals surface area contributed by atoms with Gasteiger partial charge in [-0.05, 0) is 26.0 Å². The van der Waals surface area contributed by atoms with Gasteiger partial charge in [-0.3, -0.25) is 4.98 Å². The van der Waals surface area contributed by atoms with Crippen LogP contribution in [0.15, 0.2) is 24.7 Å². The van der Waals surface area contributed by atoms with Crippen LogP contribution in [0, 0.1) is 13.8 Å². The molecule has 0 unspecified atom stereocenters. The van der Waals surface area contributed by atoms with Gasteiger partial charge < -0.3 is 4.57 Å². The maximum Gasteiger partial charge on any atom is 0.0996 e. The van der Waals surface area contributed by atoms with Crippen LogP contribution < -0.4 is 0 Å². The van der Waals surface area contributed by atoms with Gasteiger partial charge >= 0.3 is 0 Å². The molecule has 78 valence electrons. The molecule has 2 aromatic heterocycles. The van der Waals surface area contributed by atoms with Crippen LogP contribution in [-0.4, -0.2) is 14.5 Å². The number of hydrogen-bond donors (Lipinski definition) is 0. The van der Waals surface area contributed by atoms with E-state index in [1.165, 1.54) is 0 Å². The summed E-state index contributed by atoms with van der Waals surface area (Å²) in [6, 6.07) is 4.08. The highest BCUT2D eigenvalue weighted by Crippen LogP contribution is 2.13. The van der Waals surface area contributed by atoms with E-state index in [1.54, 1.807) is 0 Å². The van der Waals surface area contributed by atoms with Crippen LogP contribution in [0.25, 0.3) is 5.69 Å². The van der Waals surface area contributed by atoms with E-state index in [9.17, 15) is 0 Å². The van der Waals surface area contributed by atoms with Gasteiger partial charge in [0, 0.05) is 17.2 Å². The van der Waals surface area contributed by atoms with Crippen molar-refractivity contribution >= 4 is 15.9 Å². The van der Waals surface area contributed by atoms with E-state index in [0.29, 0.717) is 0 Å². The Kier molecular flexibility index (Phi) is 2.86. The Hall–Kier alpha value is -1.16. The molecule has 2 aromatic rings. The average Bonchev–Trinajstić information content (AvgIpc) is 2.66. The summed E-state index contributed by atoms with van der Waals surface area (Å²) in [5.74, 6) is 0. The van der Waals surface area contributed by atoms with Crippen molar-refractivity contribution in [2.45, 2.75) is 19.2 Å². The number of aryl methyl sites for hydroxylation is 2. The Labute approximate surface area is 97.3 Å². The third-order valence-electron chi connectivity index (χ3n) is 2.25. The number of imidazole rings is 1. The third kappa shape index (κ3) is 2.09. The van der Waals surface area contributed by atoms with E-state index >= 15 is 0 Å². The topological polar surface area (TPSA) is 30.7 Å². The molecule has 0 radical (unpaired) electrons. The molecule has 0 N–H and O–H groups in total. The summed E-state index contributed by atoms with van der Waals surface area (Å²) in [6.45, 7) is 4.00. The number of nitrogens with zero attached hydrogens (tertiary/aromatic N) is 3. The van der Waals surface area contributed by atoms with Crippen molar-refractivity contribution in [3.63, 3.8) is 0 Å². The molecule has 0 aliphatic carbocycles. The zero-order valence-electron chi connectivity index (χ0n) is 8.74. The quantitative estimate of drug-likeness (QED) is 0.782. The fourth-order valence-electron chi connectivity index (χ4n) is 1.52. The zero-order valence-corrected chi connectivity index (χ0v) is 10.3. The van der Waals surface area contributed by atoms with E-state index in [0.717, 1.165) is 28.1 Å². The highest BCUT2D eigenvalue weighted by atomic mass is 79.9. The molecular weight excluding hydrogens is 254 g/mol. The molecule has 0 fully saturated rings. The number of rotatable bonds is 2.